The third kappa shape index (κ3) is 4.52. The molecule has 29 heavy (non-hydrogen) atoms. The Morgan fingerprint density at radius 2 is 1.86 bits per heavy atom. The van der Waals surface area contributed by atoms with Crippen LogP contribution in [0.1, 0.15) is 35.8 Å². The number of tetrazole rings is 1. The van der Waals surface area contributed by atoms with Gasteiger partial charge in [0.05, 0.1) is 12.6 Å². The Morgan fingerprint density at radius 3 is 2.59 bits per heavy atom. The molecule has 6 nitrogen and oxygen atoms in total. The lowest BCUT2D eigenvalue weighted by Gasteiger charge is -2.40. The summed E-state index contributed by atoms with van der Waals surface area (Å²) in [7, 11) is 4.25. The van der Waals surface area contributed by atoms with Gasteiger partial charge in [-0.25, -0.2) is 9.07 Å². The maximum Gasteiger partial charge on any atom is 0.173 e. The highest BCUT2D eigenvalue weighted by atomic mass is 19.1. The Kier molecular flexibility index (Phi) is 5.97. The molecule has 7 heteroatoms. The van der Waals surface area contributed by atoms with Crippen LogP contribution >= 0.6 is 0 Å². The number of piperidine rings is 1. The first-order valence-electron chi connectivity index (χ1n) is 10.1. The average Bonchev–Trinajstić information content (AvgIpc) is 3.18. The summed E-state index contributed by atoms with van der Waals surface area (Å²) in [6, 6.07) is 17.3. The Morgan fingerprint density at radius 1 is 1.10 bits per heavy atom. The smallest absolute Gasteiger partial charge is 0.173 e. The summed E-state index contributed by atoms with van der Waals surface area (Å²) >= 11 is 0. The van der Waals surface area contributed by atoms with Crippen LogP contribution in [0.2, 0.25) is 0 Å². The van der Waals surface area contributed by atoms with Gasteiger partial charge in [-0.1, -0.05) is 42.5 Å². The number of hydrogen-bond acceptors (Lipinski definition) is 5. The SMILES string of the molecule is CN(C)C1CCCN(C(c2ccc(F)cc2)c2nnnn2Cc2ccccc2)C1. The molecule has 3 aromatic rings. The van der Waals surface area contributed by atoms with Crippen molar-refractivity contribution in [2.45, 2.75) is 31.5 Å². The van der Waals surface area contributed by atoms with Crippen LogP contribution < -0.4 is 0 Å². The number of likely N-dealkylation sites (tertiary alicyclic amines) is 1. The van der Waals surface area contributed by atoms with E-state index < -0.39 is 0 Å². The van der Waals surface area contributed by atoms with Crippen molar-refractivity contribution in [1.82, 2.24) is 30.0 Å². The van der Waals surface area contributed by atoms with Crippen molar-refractivity contribution in [3.05, 3.63) is 77.4 Å². The molecule has 1 fully saturated rings. The van der Waals surface area contributed by atoms with Crippen molar-refractivity contribution >= 4 is 0 Å². The topological polar surface area (TPSA) is 50.1 Å². The van der Waals surface area contributed by atoms with E-state index >= 15 is 0 Å². The second-order valence-electron chi connectivity index (χ2n) is 7.89. The van der Waals surface area contributed by atoms with Crippen LogP contribution in [0.5, 0.6) is 0 Å². The van der Waals surface area contributed by atoms with Crippen LogP contribution in [0.15, 0.2) is 54.6 Å². The fourth-order valence-corrected chi connectivity index (χ4v) is 4.08. The van der Waals surface area contributed by atoms with Crippen LogP contribution in [-0.2, 0) is 6.54 Å². The minimum absolute atomic E-state index is 0.114. The minimum Gasteiger partial charge on any atom is -0.305 e. The zero-order chi connectivity index (χ0) is 20.2. The summed E-state index contributed by atoms with van der Waals surface area (Å²) in [5, 5.41) is 12.7. The normalized spacial score (nSPS) is 18.8. The Bertz CT molecular complexity index is 909. The van der Waals surface area contributed by atoms with Crippen molar-refractivity contribution in [2.24, 2.45) is 0 Å². The molecule has 1 aliphatic heterocycles. The lowest BCUT2D eigenvalue weighted by atomic mass is 9.98. The van der Waals surface area contributed by atoms with Crippen LogP contribution in [0, 0.1) is 5.82 Å². The molecule has 0 N–H and O–H groups in total. The van der Waals surface area contributed by atoms with Crippen molar-refractivity contribution in [2.75, 3.05) is 27.2 Å². The highest BCUT2D eigenvalue weighted by Gasteiger charge is 2.32. The molecule has 2 unspecified atom stereocenters. The summed E-state index contributed by atoms with van der Waals surface area (Å²) in [6.07, 6.45) is 2.29. The third-order valence-electron chi connectivity index (χ3n) is 5.69. The quantitative estimate of drug-likeness (QED) is 0.643. The van der Waals surface area contributed by atoms with Crippen molar-refractivity contribution < 1.29 is 4.39 Å². The molecular formula is C22H27FN6. The van der Waals surface area contributed by atoms with Crippen LogP contribution in [-0.4, -0.2) is 63.2 Å². The van der Waals surface area contributed by atoms with Crippen molar-refractivity contribution in [1.29, 1.82) is 0 Å². The van der Waals surface area contributed by atoms with E-state index in [1.807, 2.05) is 35.0 Å². The summed E-state index contributed by atoms with van der Waals surface area (Å²) < 4.78 is 15.5. The molecule has 2 aromatic carbocycles. The van der Waals surface area contributed by atoms with E-state index in [1.54, 1.807) is 0 Å². The lowest BCUT2D eigenvalue weighted by molar-refractivity contribution is 0.105. The Hall–Kier alpha value is -2.64. The van der Waals surface area contributed by atoms with Crippen molar-refractivity contribution in [3.63, 3.8) is 0 Å². The Balaban J connectivity index is 1.70. The number of rotatable bonds is 6. The molecule has 1 aromatic heterocycles. The van der Waals surface area contributed by atoms with E-state index in [0.717, 1.165) is 36.5 Å². The van der Waals surface area contributed by atoms with Crippen LogP contribution in [0.4, 0.5) is 4.39 Å². The lowest BCUT2D eigenvalue weighted by Crippen LogP contribution is -2.47. The van der Waals surface area contributed by atoms with Gasteiger partial charge in [0.25, 0.3) is 0 Å². The fourth-order valence-electron chi connectivity index (χ4n) is 4.08. The number of aromatic nitrogens is 4. The molecule has 0 aliphatic carbocycles. The van der Waals surface area contributed by atoms with Gasteiger partial charge in [0, 0.05) is 12.6 Å². The molecule has 0 amide bonds. The largest absolute Gasteiger partial charge is 0.305 e. The third-order valence-corrected chi connectivity index (χ3v) is 5.69. The molecule has 1 saturated heterocycles. The molecule has 0 saturated carbocycles. The fraction of sp³-hybridized carbons (Fsp3) is 0.409. The van der Waals surface area contributed by atoms with Gasteiger partial charge in [-0.3, -0.25) is 4.90 Å². The summed E-state index contributed by atoms with van der Waals surface area (Å²) in [5.41, 5.74) is 2.15. The zero-order valence-corrected chi connectivity index (χ0v) is 16.9. The molecule has 1 aliphatic rings. The number of benzene rings is 2. The van der Waals surface area contributed by atoms with Gasteiger partial charge < -0.3 is 4.90 Å². The van der Waals surface area contributed by atoms with Crippen molar-refractivity contribution in [3.8, 4) is 0 Å². The highest BCUT2D eigenvalue weighted by molar-refractivity contribution is 5.26. The van der Waals surface area contributed by atoms with Gasteiger partial charge in [-0.2, -0.15) is 0 Å². The van der Waals surface area contributed by atoms with E-state index in [-0.39, 0.29) is 11.9 Å². The van der Waals surface area contributed by atoms with Gasteiger partial charge in [-0.05, 0) is 67.2 Å². The average molecular weight is 394 g/mol. The molecule has 0 spiro atoms. The predicted octanol–water partition coefficient (Wildman–Crippen LogP) is 2.98. The van der Waals surface area contributed by atoms with E-state index in [9.17, 15) is 4.39 Å². The van der Waals surface area contributed by atoms with Gasteiger partial charge in [0.2, 0.25) is 0 Å². The first kappa shape index (κ1) is 19.7. The van der Waals surface area contributed by atoms with Gasteiger partial charge in [0.1, 0.15) is 5.82 Å². The molecule has 152 valence electrons. The first-order valence-corrected chi connectivity index (χ1v) is 10.1. The first-order chi connectivity index (χ1) is 14.1. The number of nitrogens with zero attached hydrogens (tertiary/aromatic N) is 6. The van der Waals surface area contributed by atoms with E-state index in [4.69, 9.17) is 0 Å². The van der Waals surface area contributed by atoms with E-state index in [2.05, 4.69) is 51.6 Å². The summed E-state index contributed by atoms with van der Waals surface area (Å²) in [4.78, 5) is 4.70. The Labute approximate surface area is 170 Å². The number of halogens is 1. The second kappa shape index (κ2) is 8.80. The number of likely N-dealkylation sites (N-methyl/N-ethyl adjacent to an activating group) is 1. The summed E-state index contributed by atoms with van der Waals surface area (Å²) in [5.74, 6) is 0.557. The summed E-state index contributed by atoms with van der Waals surface area (Å²) in [6.45, 7) is 2.49. The molecule has 4 rings (SSSR count). The monoisotopic (exact) mass is 394 g/mol. The van der Waals surface area contributed by atoms with Gasteiger partial charge in [-0.15, -0.1) is 5.10 Å². The zero-order valence-electron chi connectivity index (χ0n) is 16.9. The maximum absolute atomic E-state index is 13.6. The van der Waals surface area contributed by atoms with Gasteiger partial charge in [0.15, 0.2) is 5.82 Å². The van der Waals surface area contributed by atoms with E-state index in [0.29, 0.717) is 12.6 Å². The predicted molar refractivity (Wildman–Crippen MR) is 110 cm³/mol. The second-order valence-corrected chi connectivity index (χ2v) is 7.89. The highest BCUT2D eigenvalue weighted by Crippen LogP contribution is 2.31. The maximum atomic E-state index is 13.6. The molecule has 2 heterocycles. The van der Waals surface area contributed by atoms with Crippen LogP contribution in [0.3, 0.4) is 0 Å². The molecule has 0 bridgehead atoms. The molecule has 2 atom stereocenters. The minimum atomic E-state index is -0.235. The molecular weight excluding hydrogens is 367 g/mol. The molecule has 0 radical (unpaired) electrons. The van der Waals surface area contributed by atoms with E-state index in [1.165, 1.54) is 18.6 Å². The number of hydrogen-bond donors (Lipinski definition) is 0. The standard InChI is InChI=1S/C22H27FN6/c1-27(2)20-9-6-14-28(16-20)21(18-10-12-19(23)13-11-18)22-24-25-26-29(22)15-17-7-4-3-5-8-17/h3-5,7-8,10-13,20-21H,6,9,14-16H2,1-2H3. The van der Waals surface area contributed by atoms with Gasteiger partial charge >= 0.3 is 0 Å². The van der Waals surface area contributed by atoms with Crippen LogP contribution in [0.25, 0.3) is 0 Å².